The van der Waals surface area contributed by atoms with E-state index in [-0.39, 0.29) is 18.6 Å². The second-order valence-corrected chi connectivity index (χ2v) is 5.25. The molecule has 0 fully saturated rings. The van der Waals surface area contributed by atoms with Gasteiger partial charge in [-0.1, -0.05) is 0 Å². The summed E-state index contributed by atoms with van der Waals surface area (Å²) in [6.45, 7) is 2.04. The lowest BCUT2D eigenvalue weighted by Gasteiger charge is -2.12. The fourth-order valence-electron chi connectivity index (χ4n) is 1.78. The molecule has 6 nitrogen and oxygen atoms in total. The van der Waals surface area contributed by atoms with Crippen LogP contribution in [0.3, 0.4) is 0 Å². The smallest absolute Gasteiger partial charge is 0.256 e. The topological polar surface area (TPSA) is 79.5 Å². The summed E-state index contributed by atoms with van der Waals surface area (Å²) < 4.78 is 2.35. The van der Waals surface area contributed by atoms with Crippen molar-refractivity contribution in [1.29, 1.82) is 0 Å². The molecular formula is C12H15BrN4O2. The molecule has 2 N–H and O–H groups in total. The van der Waals surface area contributed by atoms with Gasteiger partial charge in [0.25, 0.3) is 5.91 Å². The van der Waals surface area contributed by atoms with Crippen LogP contribution in [0.5, 0.6) is 0 Å². The van der Waals surface area contributed by atoms with E-state index in [0.29, 0.717) is 17.6 Å². The first-order valence-corrected chi connectivity index (χ1v) is 6.81. The van der Waals surface area contributed by atoms with Gasteiger partial charge in [0.1, 0.15) is 5.56 Å². The van der Waals surface area contributed by atoms with E-state index in [1.165, 1.54) is 6.20 Å². The molecule has 7 heteroatoms. The summed E-state index contributed by atoms with van der Waals surface area (Å²) in [7, 11) is 0. The van der Waals surface area contributed by atoms with Crippen molar-refractivity contribution in [2.45, 2.75) is 25.8 Å². The van der Waals surface area contributed by atoms with Crippen LogP contribution in [-0.4, -0.2) is 38.3 Å². The van der Waals surface area contributed by atoms with Crippen LogP contribution in [0.4, 0.5) is 0 Å². The molecule has 2 aromatic heterocycles. The number of aliphatic hydroxyl groups excluding tert-OH is 1. The molecule has 0 aliphatic heterocycles. The van der Waals surface area contributed by atoms with Gasteiger partial charge >= 0.3 is 0 Å². The zero-order chi connectivity index (χ0) is 13.8. The molecule has 0 aliphatic rings. The fraction of sp³-hybridized carbons (Fsp3) is 0.417. The molecule has 2 heterocycles. The van der Waals surface area contributed by atoms with Gasteiger partial charge in [-0.15, -0.1) is 0 Å². The van der Waals surface area contributed by atoms with E-state index in [1.54, 1.807) is 16.9 Å². The zero-order valence-electron chi connectivity index (χ0n) is 10.5. The predicted molar refractivity (Wildman–Crippen MR) is 73.9 cm³/mol. The summed E-state index contributed by atoms with van der Waals surface area (Å²) in [5.74, 6) is -0.199. The van der Waals surface area contributed by atoms with E-state index in [1.807, 2.05) is 6.92 Å². The number of aliphatic hydroxyl groups is 1. The molecular weight excluding hydrogens is 312 g/mol. The van der Waals surface area contributed by atoms with Crippen LogP contribution in [0.1, 0.15) is 30.1 Å². The number of fused-ring (bicyclic) bond motifs is 1. The highest BCUT2D eigenvalue weighted by molar-refractivity contribution is 9.10. The average Bonchev–Trinajstić information content (AvgIpc) is 2.79. The summed E-state index contributed by atoms with van der Waals surface area (Å²) in [6, 6.07) is 0.00467. The summed E-state index contributed by atoms with van der Waals surface area (Å²) in [6.07, 6.45) is 6.28. The molecule has 2 aromatic rings. The maximum atomic E-state index is 12.1. The van der Waals surface area contributed by atoms with Crippen molar-refractivity contribution in [3.63, 3.8) is 0 Å². The normalized spacial score (nSPS) is 12.6. The van der Waals surface area contributed by atoms with Crippen molar-refractivity contribution < 1.29 is 9.90 Å². The summed E-state index contributed by atoms with van der Waals surface area (Å²) in [5, 5.41) is 15.7. The van der Waals surface area contributed by atoms with E-state index >= 15 is 0 Å². The maximum Gasteiger partial charge on any atom is 0.256 e. The third kappa shape index (κ3) is 3.30. The van der Waals surface area contributed by atoms with Crippen LogP contribution in [-0.2, 0) is 0 Å². The number of nitrogens with one attached hydrogen (secondary N) is 1. The molecule has 0 radical (unpaired) electrons. The molecule has 0 saturated heterocycles. The second-order valence-electron chi connectivity index (χ2n) is 4.34. The minimum atomic E-state index is -0.199. The van der Waals surface area contributed by atoms with E-state index in [9.17, 15) is 4.79 Å². The molecule has 0 bridgehead atoms. The Kier molecular flexibility index (Phi) is 4.49. The molecule has 1 unspecified atom stereocenters. The molecule has 0 spiro atoms. The SMILES string of the molecule is CC(CCCO)NC(=O)c1cnn2cc(Br)cnc12. The number of nitrogens with zero attached hydrogens (tertiary/aromatic N) is 3. The van der Waals surface area contributed by atoms with Crippen molar-refractivity contribution in [1.82, 2.24) is 19.9 Å². The quantitative estimate of drug-likeness (QED) is 0.870. The highest BCUT2D eigenvalue weighted by Crippen LogP contribution is 2.12. The minimum absolute atomic E-state index is 0.00467. The van der Waals surface area contributed by atoms with Crippen molar-refractivity contribution >= 4 is 27.5 Å². The van der Waals surface area contributed by atoms with E-state index < -0.39 is 0 Å². The molecule has 1 atom stereocenters. The van der Waals surface area contributed by atoms with Crippen molar-refractivity contribution in [3.05, 3.63) is 28.6 Å². The van der Waals surface area contributed by atoms with E-state index in [4.69, 9.17) is 5.11 Å². The molecule has 19 heavy (non-hydrogen) atoms. The number of aromatic nitrogens is 3. The first-order valence-electron chi connectivity index (χ1n) is 6.02. The van der Waals surface area contributed by atoms with E-state index in [0.717, 1.165) is 10.9 Å². The number of amides is 1. The van der Waals surface area contributed by atoms with E-state index in [2.05, 4.69) is 31.3 Å². The van der Waals surface area contributed by atoms with Crippen LogP contribution in [0, 0.1) is 0 Å². The van der Waals surface area contributed by atoms with Gasteiger partial charge in [-0.25, -0.2) is 9.50 Å². The van der Waals surface area contributed by atoms with Gasteiger partial charge in [0.05, 0.1) is 10.7 Å². The lowest BCUT2D eigenvalue weighted by atomic mass is 10.2. The monoisotopic (exact) mass is 326 g/mol. The summed E-state index contributed by atoms with van der Waals surface area (Å²) >= 11 is 3.30. The largest absolute Gasteiger partial charge is 0.396 e. The van der Waals surface area contributed by atoms with Crippen LogP contribution in [0.2, 0.25) is 0 Å². The number of carbonyl (C=O) groups is 1. The third-order valence-electron chi connectivity index (χ3n) is 2.74. The highest BCUT2D eigenvalue weighted by Gasteiger charge is 2.15. The standard InChI is InChI=1S/C12H15BrN4O2/c1-8(3-2-4-18)16-12(19)10-6-15-17-7-9(13)5-14-11(10)17/h5-8,18H,2-4H2,1H3,(H,16,19). The van der Waals surface area contributed by atoms with Gasteiger partial charge in [0.15, 0.2) is 5.65 Å². The van der Waals surface area contributed by atoms with Crippen LogP contribution in [0.15, 0.2) is 23.1 Å². The lowest BCUT2D eigenvalue weighted by Crippen LogP contribution is -2.32. The Morgan fingerprint density at radius 1 is 1.58 bits per heavy atom. The van der Waals surface area contributed by atoms with Gasteiger partial charge in [0, 0.05) is 25.0 Å². The van der Waals surface area contributed by atoms with Gasteiger partial charge in [-0.05, 0) is 35.7 Å². The lowest BCUT2D eigenvalue weighted by molar-refractivity contribution is 0.0938. The van der Waals surface area contributed by atoms with Gasteiger partial charge < -0.3 is 10.4 Å². The molecule has 2 rings (SSSR count). The van der Waals surface area contributed by atoms with Gasteiger partial charge in [-0.2, -0.15) is 5.10 Å². The zero-order valence-corrected chi connectivity index (χ0v) is 12.1. The number of carbonyl (C=O) groups excluding carboxylic acids is 1. The summed E-state index contributed by atoms with van der Waals surface area (Å²) in [4.78, 5) is 16.3. The average molecular weight is 327 g/mol. The van der Waals surface area contributed by atoms with Gasteiger partial charge in [-0.3, -0.25) is 4.79 Å². The fourth-order valence-corrected chi connectivity index (χ4v) is 2.08. The molecule has 0 aromatic carbocycles. The Bertz CT molecular complexity index is 584. The van der Waals surface area contributed by atoms with Crippen molar-refractivity contribution in [2.75, 3.05) is 6.61 Å². The Hall–Kier alpha value is -1.47. The molecule has 102 valence electrons. The second kappa shape index (κ2) is 6.12. The molecule has 0 saturated carbocycles. The maximum absolute atomic E-state index is 12.1. The first kappa shape index (κ1) is 14.0. The number of hydrogen-bond donors (Lipinski definition) is 2. The molecule has 1 amide bonds. The van der Waals surface area contributed by atoms with Crippen molar-refractivity contribution in [2.24, 2.45) is 0 Å². The third-order valence-corrected chi connectivity index (χ3v) is 3.15. The number of rotatable bonds is 5. The minimum Gasteiger partial charge on any atom is -0.396 e. The van der Waals surface area contributed by atoms with Gasteiger partial charge in [0.2, 0.25) is 0 Å². The molecule has 0 aliphatic carbocycles. The van der Waals surface area contributed by atoms with Crippen LogP contribution < -0.4 is 5.32 Å². The summed E-state index contributed by atoms with van der Waals surface area (Å²) in [5.41, 5.74) is 0.971. The first-order chi connectivity index (χ1) is 9.11. The Balaban J connectivity index is 2.13. The van der Waals surface area contributed by atoms with Crippen LogP contribution >= 0.6 is 15.9 Å². The number of hydrogen-bond acceptors (Lipinski definition) is 4. The Morgan fingerprint density at radius 3 is 3.11 bits per heavy atom. The Morgan fingerprint density at radius 2 is 2.37 bits per heavy atom. The van der Waals surface area contributed by atoms with Crippen molar-refractivity contribution in [3.8, 4) is 0 Å². The highest BCUT2D eigenvalue weighted by atomic mass is 79.9. The number of halogens is 1. The Labute approximate surface area is 119 Å². The predicted octanol–water partition coefficient (Wildman–Crippen LogP) is 1.38. The van der Waals surface area contributed by atoms with Crippen LogP contribution in [0.25, 0.3) is 5.65 Å².